The topological polar surface area (TPSA) is 124 Å². The van der Waals surface area contributed by atoms with Crippen molar-refractivity contribution in [2.75, 3.05) is 0 Å². The minimum Gasteiger partial charge on any atom is -0.369 e. The Morgan fingerprint density at radius 3 is 1.89 bits per heavy atom. The van der Waals surface area contributed by atoms with Crippen molar-refractivity contribution in [3.05, 3.63) is 0 Å². The monoisotopic (exact) mass is 275 g/mol. The third-order valence-electron chi connectivity index (χ3n) is 3.94. The Balaban J connectivity index is 2.88. The highest BCUT2D eigenvalue weighted by Crippen LogP contribution is 2.33. The molecule has 6 N–H and O–H groups in total. The molecule has 1 atom stereocenters. The molecule has 19 heavy (non-hydrogen) atoms. The molecule has 112 valence electrons. The number of hydrogen-bond acceptors (Lipinski definition) is 5. The van der Waals surface area contributed by atoms with Gasteiger partial charge in [0.1, 0.15) is 0 Å². The largest absolute Gasteiger partial charge is 0.369 e. The Morgan fingerprint density at radius 1 is 0.895 bits per heavy atom. The van der Waals surface area contributed by atoms with Gasteiger partial charge in [0.15, 0.2) is 0 Å². The zero-order valence-electron chi connectivity index (χ0n) is 11.2. The second-order valence-corrected chi connectivity index (χ2v) is 5.51. The van der Waals surface area contributed by atoms with E-state index in [0.29, 0.717) is 12.8 Å². The summed E-state index contributed by atoms with van der Waals surface area (Å²) in [6.07, 6.45) is 5.75. The predicted molar refractivity (Wildman–Crippen MR) is 68.6 cm³/mol. The molecule has 1 aliphatic rings. The molecule has 1 aliphatic carbocycles. The van der Waals surface area contributed by atoms with Crippen molar-refractivity contribution in [2.24, 2.45) is 11.7 Å². The van der Waals surface area contributed by atoms with Crippen LogP contribution in [0.1, 0.15) is 57.8 Å². The van der Waals surface area contributed by atoms with Gasteiger partial charge in [0.25, 0.3) is 0 Å². The molecule has 0 aromatic rings. The molecule has 6 nitrogen and oxygen atoms in total. The van der Waals surface area contributed by atoms with Gasteiger partial charge >= 0.3 is 0 Å². The Kier molecular flexibility index (Phi) is 5.73. The summed E-state index contributed by atoms with van der Waals surface area (Å²) in [7, 11) is 0. The van der Waals surface area contributed by atoms with Gasteiger partial charge in [0.2, 0.25) is 17.5 Å². The lowest BCUT2D eigenvalue weighted by Gasteiger charge is -2.39. The number of carbonyl (C=O) groups excluding carboxylic acids is 1. The van der Waals surface area contributed by atoms with E-state index in [1.54, 1.807) is 0 Å². The van der Waals surface area contributed by atoms with Crippen molar-refractivity contribution in [2.45, 2.75) is 69.4 Å². The van der Waals surface area contributed by atoms with E-state index in [2.05, 4.69) is 0 Å². The third-order valence-corrected chi connectivity index (χ3v) is 3.94. The summed E-state index contributed by atoms with van der Waals surface area (Å²) in [4.78, 5) is 11.4. The molecule has 0 bridgehead atoms. The molecule has 1 saturated carbocycles. The number of primary amides is 1. The number of amides is 1. The van der Waals surface area contributed by atoms with Crippen molar-refractivity contribution >= 4 is 5.91 Å². The molecule has 1 rings (SSSR count). The highest BCUT2D eigenvalue weighted by Gasteiger charge is 2.54. The van der Waals surface area contributed by atoms with E-state index >= 15 is 0 Å². The zero-order chi connectivity index (χ0) is 14.5. The van der Waals surface area contributed by atoms with Crippen LogP contribution >= 0.6 is 0 Å². The summed E-state index contributed by atoms with van der Waals surface area (Å²) in [5, 5.41) is 39.6. The highest BCUT2D eigenvalue weighted by atomic mass is 16.6. The number of rotatable bonds is 1. The average molecular weight is 275 g/mol. The second kappa shape index (κ2) is 6.65. The molecular weight excluding hydrogens is 250 g/mol. The first kappa shape index (κ1) is 16.4. The molecular formula is C13H25NO5. The first-order chi connectivity index (χ1) is 8.79. The lowest BCUT2D eigenvalue weighted by atomic mass is 9.83. The van der Waals surface area contributed by atoms with E-state index in [9.17, 15) is 25.2 Å². The van der Waals surface area contributed by atoms with Crippen LogP contribution in [-0.2, 0) is 4.79 Å². The maximum Gasteiger partial charge on any atom is 0.230 e. The predicted octanol–water partition coefficient (Wildman–Crippen LogP) is -0.0258. The van der Waals surface area contributed by atoms with Crippen molar-refractivity contribution < 1.29 is 25.2 Å². The van der Waals surface area contributed by atoms with Gasteiger partial charge in [0.05, 0.1) is 5.92 Å². The molecule has 0 spiro atoms. The summed E-state index contributed by atoms with van der Waals surface area (Å²) in [6, 6.07) is 0. The minimum absolute atomic E-state index is 0.144. The van der Waals surface area contributed by atoms with Crippen molar-refractivity contribution in [1.82, 2.24) is 0 Å². The van der Waals surface area contributed by atoms with Crippen LogP contribution in [0.25, 0.3) is 0 Å². The van der Waals surface area contributed by atoms with Gasteiger partial charge in [-0.05, 0) is 12.8 Å². The Bertz CT molecular complexity index is 303. The highest BCUT2D eigenvalue weighted by molar-refractivity contribution is 5.77. The number of hydrogen-bond donors (Lipinski definition) is 5. The van der Waals surface area contributed by atoms with Gasteiger partial charge < -0.3 is 26.2 Å². The van der Waals surface area contributed by atoms with Crippen LogP contribution in [0.4, 0.5) is 0 Å². The van der Waals surface area contributed by atoms with Crippen molar-refractivity contribution in [1.29, 1.82) is 0 Å². The SMILES string of the molecule is NC(=O)C1CCCCCCCCCC(O)(O)C1(O)O. The Morgan fingerprint density at radius 2 is 1.37 bits per heavy atom. The minimum atomic E-state index is -2.90. The van der Waals surface area contributed by atoms with Gasteiger partial charge in [-0.1, -0.05) is 38.5 Å². The summed E-state index contributed by atoms with van der Waals surface area (Å²) in [5.74, 6) is -7.92. The van der Waals surface area contributed by atoms with E-state index in [1.807, 2.05) is 0 Å². The first-order valence-corrected chi connectivity index (χ1v) is 6.98. The molecule has 6 heteroatoms. The summed E-state index contributed by atoms with van der Waals surface area (Å²) >= 11 is 0. The summed E-state index contributed by atoms with van der Waals surface area (Å²) in [5.41, 5.74) is 5.16. The Hall–Kier alpha value is -0.690. The van der Waals surface area contributed by atoms with Crippen LogP contribution in [0.5, 0.6) is 0 Å². The maximum atomic E-state index is 11.4. The number of nitrogens with two attached hydrogens (primary N) is 1. The molecule has 0 saturated heterocycles. The van der Waals surface area contributed by atoms with Gasteiger partial charge in [0, 0.05) is 6.42 Å². The van der Waals surface area contributed by atoms with Gasteiger partial charge in [-0.3, -0.25) is 4.79 Å². The molecule has 0 radical (unpaired) electrons. The fourth-order valence-electron chi connectivity index (χ4n) is 2.61. The smallest absolute Gasteiger partial charge is 0.230 e. The van der Waals surface area contributed by atoms with Crippen LogP contribution in [0, 0.1) is 5.92 Å². The molecule has 0 aromatic heterocycles. The molecule has 0 aromatic carbocycles. The quantitative estimate of drug-likeness (QED) is 0.430. The fraction of sp³-hybridized carbons (Fsp3) is 0.923. The molecule has 1 unspecified atom stereocenters. The number of carbonyl (C=O) groups is 1. The van der Waals surface area contributed by atoms with E-state index in [1.165, 1.54) is 0 Å². The zero-order valence-corrected chi connectivity index (χ0v) is 11.2. The van der Waals surface area contributed by atoms with Gasteiger partial charge in [-0.25, -0.2) is 0 Å². The van der Waals surface area contributed by atoms with E-state index in [-0.39, 0.29) is 12.8 Å². The lowest BCUT2D eigenvalue weighted by Crippen LogP contribution is -2.61. The van der Waals surface area contributed by atoms with E-state index in [4.69, 9.17) is 5.73 Å². The van der Waals surface area contributed by atoms with Gasteiger partial charge in [-0.15, -0.1) is 0 Å². The van der Waals surface area contributed by atoms with Crippen molar-refractivity contribution in [3.63, 3.8) is 0 Å². The average Bonchev–Trinajstić information content (AvgIpc) is 2.29. The van der Waals surface area contributed by atoms with Crippen LogP contribution < -0.4 is 5.73 Å². The first-order valence-electron chi connectivity index (χ1n) is 6.98. The lowest BCUT2D eigenvalue weighted by molar-refractivity contribution is -0.374. The normalized spacial score (nSPS) is 28.9. The van der Waals surface area contributed by atoms with Gasteiger partial charge in [-0.2, -0.15) is 0 Å². The molecule has 1 fully saturated rings. The molecule has 0 heterocycles. The van der Waals surface area contributed by atoms with E-state index < -0.39 is 23.4 Å². The van der Waals surface area contributed by atoms with E-state index in [0.717, 1.165) is 32.1 Å². The molecule has 0 aliphatic heterocycles. The van der Waals surface area contributed by atoms with Crippen LogP contribution in [-0.4, -0.2) is 37.9 Å². The Labute approximate surface area is 113 Å². The summed E-state index contributed by atoms with van der Waals surface area (Å²) in [6.45, 7) is 0. The summed E-state index contributed by atoms with van der Waals surface area (Å²) < 4.78 is 0. The standard InChI is InChI=1S/C13H25NO5/c14-11(15)10-8-6-4-2-1-3-5-7-9-12(16,17)13(10,18)19/h10,16-19H,1-9H2,(H2,14,15). The second-order valence-electron chi connectivity index (χ2n) is 5.51. The van der Waals surface area contributed by atoms with Crippen LogP contribution in [0.3, 0.4) is 0 Å². The fourth-order valence-corrected chi connectivity index (χ4v) is 2.61. The van der Waals surface area contributed by atoms with Crippen LogP contribution in [0.15, 0.2) is 0 Å². The van der Waals surface area contributed by atoms with Crippen molar-refractivity contribution in [3.8, 4) is 0 Å². The maximum absolute atomic E-state index is 11.4. The molecule has 1 amide bonds. The van der Waals surface area contributed by atoms with Crippen LogP contribution in [0.2, 0.25) is 0 Å². The number of aliphatic hydroxyl groups is 4. The third kappa shape index (κ3) is 4.14.